The summed E-state index contributed by atoms with van der Waals surface area (Å²) in [6.07, 6.45) is -7.43. The predicted molar refractivity (Wildman–Crippen MR) is 140 cm³/mol. The monoisotopic (exact) mass is 604 g/mol. The first-order valence-corrected chi connectivity index (χ1v) is 13.0. The van der Waals surface area contributed by atoms with E-state index in [1.54, 1.807) is 50.4 Å². The number of nitrogens with zero attached hydrogens (tertiary/aromatic N) is 2. The van der Waals surface area contributed by atoms with Crippen LogP contribution < -0.4 is 15.5 Å². The second-order valence-electron chi connectivity index (χ2n) is 9.65. The highest BCUT2D eigenvalue weighted by Crippen LogP contribution is 2.37. The number of fused-ring (bicyclic) bond motifs is 1. The van der Waals surface area contributed by atoms with Gasteiger partial charge in [0.2, 0.25) is 0 Å². The summed E-state index contributed by atoms with van der Waals surface area (Å²) in [5.41, 5.74) is -0.870. The van der Waals surface area contributed by atoms with Crippen LogP contribution in [0.2, 0.25) is 5.02 Å². The normalized spacial score (nSPS) is 16.2. The molecule has 0 aliphatic carbocycles. The molecule has 0 saturated carbocycles. The predicted octanol–water partition coefficient (Wildman–Crippen LogP) is 5.48. The molecule has 0 unspecified atom stereocenters. The molecule has 0 bridgehead atoms. The number of amidine groups is 1. The van der Waals surface area contributed by atoms with Crippen LogP contribution in [0.25, 0.3) is 0 Å². The minimum Gasteiger partial charge on any atom is -0.444 e. The molecule has 1 aliphatic rings. The second kappa shape index (κ2) is 12.3. The molecule has 2 aromatic rings. The molecule has 3 amide bonds. The Kier molecular flexibility index (Phi) is 9.56. The lowest BCUT2D eigenvalue weighted by Crippen LogP contribution is -2.50. The van der Waals surface area contributed by atoms with Gasteiger partial charge in [0, 0.05) is 15.7 Å². The molecule has 0 aromatic heterocycles. The molecule has 1 heterocycles. The van der Waals surface area contributed by atoms with Gasteiger partial charge in [-0.25, -0.2) is 9.18 Å². The molecule has 9 nitrogen and oxygen atoms in total. The Morgan fingerprint density at radius 1 is 1.20 bits per heavy atom. The third-order valence-electron chi connectivity index (χ3n) is 5.25. The van der Waals surface area contributed by atoms with Crippen LogP contribution in [0.4, 0.5) is 28.0 Å². The molecule has 0 spiro atoms. The molecular formula is C25H25ClF4N4O5S. The van der Waals surface area contributed by atoms with Crippen LogP contribution in [0.1, 0.15) is 43.1 Å². The van der Waals surface area contributed by atoms with Gasteiger partial charge in [0.1, 0.15) is 23.9 Å². The van der Waals surface area contributed by atoms with Gasteiger partial charge in [-0.1, -0.05) is 28.9 Å². The number of benzene rings is 2. The lowest BCUT2D eigenvalue weighted by molar-refractivity contribution is -0.122. The Balaban J connectivity index is 2.00. The molecule has 1 aliphatic heterocycles. The minimum absolute atomic E-state index is 0.0138. The summed E-state index contributed by atoms with van der Waals surface area (Å²) in [7, 11) is 0. The van der Waals surface area contributed by atoms with Gasteiger partial charge in [0.25, 0.3) is 11.8 Å². The standard InChI is InChI=1S/C25H25ClF4N4O5S/c1-24(2,3)39-23(37)31-17-12-40-19-9-16(27)15(21(35)32-20(33-38)10-25(28,29)30)8-18(19)34(22(17)36)11-13-4-6-14(26)7-5-13/h4-9,17,38H,10-12H2,1-3H3,(H,31,37)(H,32,33,35)/t17-/m0/s1. The Bertz CT molecular complexity index is 1320. The first-order chi connectivity index (χ1) is 18.6. The highest BCUT2D eigenvalue weighted by Gasteiger charge is 2.35. The number of carbonyl (C=O) groups is 3. The van der Waals surface area contributed by atoms with E-state index in [9.17, 15) is 27.6 Å². The van der Waals surface area contributed by atoms with Crippen LogP contribution in [-0.4, -0.2) is 52.5 Å². The smallest absolute Gasteiger partial charge is 0.408 e. The number of hydrogen-bond donors (Lipinski definition) is 3. The van der Waals surface area contributed by atoms with E-state index in [1.165, 1.54) is 4.90 Å². The molecule has 3 rings (SSSR count). The van der Waals surface area contributed by atoms with Crippen molar-refractivity contribution in [1.29, 1.82) is 0 Å². The highest BCUT2D eigenvalue weighted by molar-refractivity contribution is 7.99. The minimum atomic E-state index is -4.81. The quantitative estimate of drug-likeness (QED) is 0.137. The molecular weight excluding hydrogens is 580 g/mol. The molecule has 0 saturated heterocycles. The van der Waals surface area contributed by atoms with Gasteiger partial charge in [0.05, 0.1) is 17.8 Å². The van der Waals surface area contributed by atoms with Crippen molar-refractivity contribution in [3.8, 4) is 0 Å². The van der Waals surface area contributed by atoms with E-state index < -0.39 is 59.4 Å². The molecule has 0 radical (unpaired) electrons. The zero-order valence-corrected chi connectivity index (χ0v) is 23.0. The maximum Gasteiger partial charge on any atom is 0.408 e. The van der Waals surface area contributed by atoms with Gasteiger partial charge in [-0.2, -0.15) is 13.2 Å². The van der Waals surface area contributed by atoms with Crippen LogP contribution >= 0.6 is 23.4 Å². The van der Waals surface area contributed by atoms with Crippen molar-refractivity contribution in [2.75, 3.05) is 10.7 Å². The molecule has 3 N–H and O–H groups in total. The van der Waals surface area contributed by atoms with Gasteiger partial charge in [-0.05, 0) is 50.6 Å². The number of carbonyl (C=O) groups excluding carboxylic acids is 3. The number of hydrogen-bond acceptors (Lipinski definition) is 7. The molecule has 1 atom stereocenters. The highest BCUT2D eigenvalue weighted by atomic mass is 35.5. The molecule has 216 valence electrons. The Morgan fingerprint density at radius 3 is 2.42 bits per heavy atom. The van der Waals surface area contributed by atoms with E-state index in [0.717, 1.165) is 23.9 Å². The number of amides is 3. The Hall–Kier alpha value is -3.52. The average molecular weight is 605 g/mol. The first kappa shape index (κ1) is 31.0. The van der Waals surface area contributed by atoms with E-state index in [4.69, 9.17) is 21.5 Å². The topological polar surface area (TPSA) is 120 Å². The average Bonchev–Trinajstić information content (AvgIpc) is 2.94. The van der Waals surface area contributed by atoms with E-state index >= 15 is 4.39 Å². The van der Waals surface area contributed by atoms with Crippen LogP contribution in [0, 0.1) is 5.82 Å². The second-order valence-corrected chi connectivity index (χ2v) is 11.2. The summed E-state index contributed by atoms with van der Waals surface area (Å²) in [4.78, 5) is 40.3. The van der Waals surface area contributed by atoms with Crippen LogP contribution in [0.15, 0.2) is 46.4 Å². The van der Waals surface area contributed by atoms with Gasteiger partial charge in [-0.15, -0.1) is 11.8 Å². The number of anilines is 1. The SMILES string of the molecule is CC(C)(C)OC(=O)N[C@H]1CSc2cc(F)c(C(=O)N/C(CC(F)(F)F)=N\O)cc2N(Cc2ccc(Cl)cc2)C1=O. The summed E-state index contributed by atoms with van der Waals surface area (Å²) < 4.78 is 58.5. The van der Waals surface area contributed by atoms with Crippen molar-refractivity contribution in [3.05, 3.63) is 58.4 Å². The lowest BCUT2D eigenvalue weighted by Gasteiger charge is -2.27. The van der Waals surface area contributed by atoms with Crippen molar-refractivity contribution >= 4 is 52.8 Å². The fourth-order valence-corrected chi connectivity index (χ4v) is 4.78. The summed E-state index contributed by atoms with van der Waals surface area (Å²) in [6, 6.07) is 7.33. The van der Waals surface area contributed by atoms with E-state index in [2.05, 4.69) is 10.5 Å². The number of ether oxygens (including phenoxy) is 1. The molecule has 15 heteroatoms. The summed E-state index contributed by atoms with van der Waals surface area (Å²) in [5.74, 6) is -4.18. The number of rotatable bonds is 5. The maximum atomic E-state index is 15.0. The summed E-state index contributed by atoms with van der Waals surface area (Å²) in [6.45, 7) is 4.86. The number of nitrogens with one attached hydrogen (secondary N) is 2. The Morgan fingerprint density at radius 2 is 1.85 bits per heavy atom. The van der Waals surface area contributed by atoms with Crippen molar-refractivity contribution in [2.45, 2.75) is 56.5 Å². The van der Waals surface area contributed by atoms with Gasteiger partial charge >= 0.3 is 12.3 Å². The van der Waals surface area contributed by atoms with Crippen molar-refractivity contribution in [1.82, 2.24) is 10.6 Å². The zero-order chi connectivity index (χ0) is 29.8. The fraction of sp³-hybridized carbons (Fsp3) is 0.360. The first-order valence-electron chi connectivity index (χ1n) is 11.7. The van der Waals surface area contributed by atoms with Crippen LogP contribution in [0.5, 0.6) is 0 Å². The molecule has 2 aromatic carbocycles. The summed E-state index contributed by atoms with van der Waals surface area (Å²) >= 11 is 6.98. The van der Waals surface area contributed by atoms with E-state index in [0.29, 0.717) is 10.6 Å². The largest absolute Gasteiger partial charge is 0.444 e. The van der Waals surface area contributed by atoms with Crippen molar-refractivity contribution in [2.24, 2.45) is 5.16 Å². The third-order valence-corrected chi connectivity index (χ3v) is 6.63. The summed E-state index contributed by atoms with van der Waals surface area (Å²) in [5, 5.41) is 16.0. The molecule has 40 heavy (non-hydrogen) atoms. The van der Waals surface area contributed by atoms with Crippen molar-refractivity contribution < 1.29 is 41.9 Å². The van der Waals surface area contributed by atoms with Crippen LogP contribution in [-0.2, 0) is 16.1 Å². The molecule has 0 fully saturated rings. The third kappa shape index (κ3) is 8.49. The van der Waals surface area contributed by atoms with E-state index in [1.807, 2.05) is 0 Å². The number of thioether (sulfide) groups is 1. The number of halogens is 5. The van der Waals surface area contributed by atoms with Gasteiger partial charge < -0.3 is 25.5 Å². The zero-order valence-electron chi connectivity index (χ0n) is 21.4. The Labute approximate surface area is 235 Å². The van der Waals surface area contributed by atoms with Gasteiger partial charge in [0.15, 0.2) is 5.84 Å². The van der Waals surface area contributed by atoms with E-state index in [-0.39, 0.29) is 22.9 Å². The van der Waals surface area contributed by atoms with Crippen molar-refractivity contribution in [3.63, 3.8) is 0 Å². The lowest BCUT2D eigenvalue weighted by atomic mass is 10.1. The number of alkyl carbamates (subject to hydrolysis) is 1. The number of oxime groups is 1. The maximum absolute atomic E-state index is 15.0. The van der Waals surface area contributed by atoms with Gasteiger partial charge in [-0.3, -0.25) is 9.59 Å². The van der Waals surface area contributed by atoms with Crippen LogP contribution in [0.3, 0.4) is 0 Å². The number of alkyl halides is 3. The fourth-order valence-electron chi connectivity index (χ4n) is 3.58.